The van der Waals surface area contributed by atoms with Crippen molar-refractivity contribution in [3.05, 3.63) is 0 Å². The molecule has 0 heterocycles. The van der Waals surface area contributed by atoms with Crippen molar-refractivity contribution < 1.29 is 0 Å². The third-order valence-electron chi connectivity index (χ3n) is 3.94. The first-order valence-corrected chi connectivity index (χ1v) is 6.16. The molecule has 2 nitrogen and oxygen atoms in total. The zero-order valence-corrected chi connectivity index (χ0v) is 9.81. The van der Waals surface area contributed by atoms with Crippen molar-refractivity contribution in [2.75, 3.05) is 0 Å². The van der Waals surface area contributed by atoms with Gasteiger partial charge in [-0.15, -0.1) is 0 Å². The summed E-state index contributed by atoms with van der Waals surface area (Å²) in [4.78, 5) is 0. The Kier molecular flexibility index (Phi) is 3.96. The standard InChI is InChI=1S/C12H26N2/c1-3-7-11(8-4-2)9-5-6-10-12(11,13)14/h3-10,13-14H2,1-2H3. The number of rotatable bonds is 4. The molecule has 84 valence electrons. The predicted molar refractivity (Wildman–Crippen MR) is 61.8 cm³/mol. The molecule has 0 unspecified atom stereocenters. The maximum Gasteiger partial charge on any atom is 0.0694 e. The Labute approximate surface area is 88.4 Å². The van der Waals surface area contributed by atoms with Crippen LogP contribution in [0.2, 0.25) is 0 Å². The Hall–Kier alpha value is -0.0800. The summed E-state index contributed by atoms with van der Waals surface area (Å²) in [6.07, 6.45) is 9.58. The van der Waals surface area contributed by atoms with Crippen LogP contribution in [0.4, 0.5) is 0 Å². The molecule has 1 rings (SSSR count). The minimum absolute atomic E-state index is 0.231. The molecule has 0 aromatic heterocycles. The Morgan fingerprint density at radius 3 is 1.86 bits per heavy atom. The quantitative estimate of drug-likeness (QED) is 0.682. The normalized spacial score (nSPS) is 24.9. The second-order valence-electron chi connectivity index (χ2n) is 5.03. The molecular formula is C12H26N2. The minimum atomic E-state index is -0.405. The molecule has 0 atom stereocenters. The molecule has 4 N–H and O–H groups in total. The molecule has 0 bridgehead atoms. The second kappa shape index (κ2) is 4.63. The third-order valence-corrected chi connectivity index (χ3v) is 3.94. The largest absolute Gasteiger partial charge is 0.313 e. The van der Waals surface area contributed by atoms with E-state index in [0.717, 1.165) is 6.42 Å². The zero-order chi connectivity index (χ0) is 10.7. The first-order chi connectivity index (χ1) is 6.58. The Balaban J connectivity index is 2.80. The lowest BCUT2D eigenvalue weighted by Crippen LogP contribution is -2.63. The highest BCUT2D eigenvalue weighted by atomic mass is 15.0. The molecule has 14 heavy (non-hydrogen) atoms. The van der Waals surface area contributed by atoms with Crippen LogP contribution in [0.25, 0.3) is 0 Å². The van der Waals surface area contributed by atoms with E-state index >= 15 is 0 Å². The van der Waals surface area contributed by atoms with Gasteiger partial charge in [0.25, 0.3) is 0 Å². The molecule has 0 saturated heterocycles. The highest BCUT2D eigenvalue weighted by Gasteiger charge is 2.46. The molecule has 0 aromatic rings. The number of nitrogens with two attached hydrogens (primary N) is 2. The maximum absolute atomic E-state index is 6.31. The number of hydrogen-bond donors (Lipinski definition) is 2. The van der Waals surface area contributed by atoms with E-state index < -0.39 is 5.66 Å². The van der Waals surface area contributed by atoms with Gasteiger partial charge in [-0.1, -0.05) is 39.5 Å². The van der Waals surface area contributed by atoms with E-state index in [1.54, 1.807) is 0 Å². The van der Waals surface area contributed by atoms with Gasteiger partial charge < -0.3 is 11.5 Å². The Bertz CT molecular complexity index is 164. The van der Waals surface area contributed by atoms with Crippen molar-refractivity contribution in [2.24, 2.45) is 16.9 Å². The topological polar surface area (TPSA) is 52.0 Å². The molecule has 0 aliphatic heterocycles. The molecule has 1 fully saturated rings. The Morgan fingerprint density at radius 1 is 0.929 bits per heavy atom. The first kappa shape index (κ1) is 12.0. The van der Waals surface area contributed by atoms with Crippen LogP contribution in [-0.4, -0.2) is 5.66 Å². The molecule has 0 radical (unpaired) electrons. The smallest absolute Gasteiger partial charge is 0.0694 e. The van der Waals surface area contributed by atoms with Crippen LogP contribution in [0, 0.1) is 5.41 Å². The lowest BCUT2D eigenvalue weighted by atomic mass is 9.62. The van der Waals surface area contributed by atoms with E-state index in [1.165, 1.54) is 44.9 Å². The average Bonchev–Trinajstić information content (AvgIpc) is 2.11. The lowest BCUT2D eigenvalue weighted by molar-refractivity contribution is 0.0436. The second-order valence-corrected chi connectivity index (χ2v) is 5.03. The van der Waals surface area contributed by atoms with Crippen molar-refractivity contribution in [1.82, 2.24) is 0 Å². The zero-order valence-electron chi connectivity index (χ0n) is 9.81. The van der Waals surface area contributed by atoms with E-state index in [9.17, 15) is 0 Å². The van der Waals surface area contributed by atoms with Crippen LogP contribution in [0.3, 0.4) is 0 Å². The van der Waals surface area contributed by atoms with Gasteiger partial charge in [0.1, 0.15) is 0 Å². The summed E-state index contributed by atoms with van der Waals surface area (Å²) in [5.74, 6) is 0. The third kappa shape index (κ3) is 2.12. The summed E-state index contributed by atoms with van der Waals surface area (Å²) in [6, 6.07) is 0. The summed E-state index contributed by atoms with van der Waals surface area (Å²) in [6.45, 7) is 4.48. The predicted octanol–water partition coefficient (Wildman–Crippen LogP) is 2.76. The van der Waals surface area contributed by atoms with E-state index in [2.05, 4.69) is 13.8 Å². The highest BCUT2D eigenvalue weighted by molar-refractivity contribution is 5.00. The van der Waals surface area contributed by atoms with Crippen LogP contribution in [0.1, 0.15) is 65.2 Å². The van der Waals surface area contributed by atoms with Gasteiger partial charge in [-0.05, 0) is 25.7 Å². The van der Waals surface area contributed by atoms with E-state index in [0.29, 0.717) is 0 Å². The van der Waals surface area contributed by atoms with E-state index in [1.807, 2.05) is 0 Å². The molecule has 0 aromatic carbocycles. The Morgan fingerprint density at radius 2 is 1.43 bits per heavy atom. The van der Waals surface area contributed by atoms with Crippen molar-refractivity contribution >= 4 is 0 Å². The van der Waals surface area contributed by atoms with Gasteiger partial charge in [0.2, 0.25) is 0 Å². The van der Waals surface area contributed by atoms with Crippen LogP contribution in [0.15, 0.2) is 0 Å². The molecular weight excluding hydrogens is 172 g/mol. The van der Waals surface area contributed by atoms with Crippen molar-refractivity contribution in [3.8, 4) is 0 Å². The fourth-order valence-corrected chi connectivity index (χ4v) is 3.18. The maximum atomic E-state index is 6.31. The van der Waals surface area contributed by atoms with Gasteiger partial charge in [-0.2, -0.15) is 0 Å². The summed E-state index contributed by atoms with van der Waals surface area (Å²) in [5, 5.41) is 0. The molecule has 0 amide bonds. The minimum Gasteiger partial charge on any atom is -0.313 e. The summed E-state index contributed by atoms with van der Waals surface area (Å²) in [5.41, 5.74) is 12.4. The van der Waals surface area contributed by atoms with Crippen LogP contribution in [-0.2, 0) is 0 Å². The number of hydrogen-bond acceptors (Lipinski definition) is 2. The van der Waals surface area contributed by atoms with Gasteiger partial charge in [0.15, 0.2) is 0 Å². The molecule has 1 aliphatic rings. The fraction of sp³-hybridized carbons (Fsp3) is 1.00. The van der Waals surface area contributed by atoms with Crippen LogP contribution >= 0.6 is 0 Å². The van der Waals surface area contributed by atoms with Gasteiger partial charge in [-0.3, -0.25) is 0 Å². The van der Waals surface area contributed by atoms with Gasteiger partial charge in [-0.25, -0.2) is 0 Å². The summed E-state index contributed by atoms with van der Waals surface area (Å²) in [7, 11) is 0. The van der Waals surface area contributed by atoms with Crippen molar-refractivity contribution in [1.29, 1.82) is 0 Å². The van der Waals surface area contributed by atoms with Crippen LogP contribution < -0.4 is 11.5 Å². The molecule has 2 heteroatoms. The fourth-order valence-electron chi connectivity index (χ4n) is 3.18. The van der Waals surface area contributed by atoms with E-state index in [4.69, 9.17) is 11.5 Å². The van der Waals surface area contributed by atoms with Gasteiger partial charge in [0, 0.05) is 5.41 Å². The van der Waals surface area contributed by atoms with Gasteiger partial charge >= 0.3 is 0 Å². The summed E-state index contributed by atoms with van der Waals surface area (Å²) < 4.78 is 0. The first-order valence-electron chi connectivity index (χ1n) is 6.16. The van der Waals surface area contributed by atoms with E-state index in [-0.39, 0.29) is 5.41 Å². The van der Waals surface area contributed by atoms with Crippen LogP contribution in [0.5, 0.6) is 0 Å². The molecule has 1 aliphatic carbocycles. The summed E-state index contributed by atoms with van der Waals surface area (Å²) >= 11 is 0. The lowest BCUT2D eigenvalue weighted by Gasteiger charge is -2.50. The monoisotopic (exact) mass is 198 g/mol. The average molecular weight is 198 g/mol. The van der Waals surface area contributed by atoms with Gasteiger partial charge in [0.05, 0.1) is 5.66 Å². The highest BCUT2D eigenvalue weighted by Crippen LogP contribution is 2.46. The SMILES string of the molecule is CCCC1(CCC)CCCCC1(N)N. The van der Waals surface area contributed by atoms with Crippen molar-refractivity contribution in [3.63, 3.8) is 0 Å². The van der Waals surface area contributed by atoms with Crippen molar-refractivity contribution in [2.45, 2.75) is 70.9 Å². The molecule has 1 saturated carbocycles. The molecule has 0 spiro atoms.